The first-order chi connectivity index (χ1) is 13.4. The van der Waals surface area contributed by atoms with E-state index in [1.807, 2.05) is 56.3 Å². The highest BCUT2D eigenvalue weighted by atomic mass is 32.2. The van der Waals surface area contributed by atoms with E-state index in [9.17, 15) is 13.2 Å². The van der Waals surface area contributed by atoms with Gasteiger partial charge >= 0.3 is 0 Å². The number of rotatable bonds is 7. The van der Waals surface area contributed by atoms with Gasteiger partial charge in [0.05, 0.1) is 0 Å². The molecule has 7 nitrogen and oxygen atoms in total. The van der Waals surface area contributed by atoms with Crippen LogP contribution in [0.2, 0.25) is 0 Å². The van der Waals surface area contributed by atoms with Crippen LogP contribution in [-0.4, -0.2) is 24.5 Å². The molecule has 2 N–H and O–H groups in total. The molecule has 0 fully saturated rings. The van der Waals surface area contributed by atoms with E-state index >= 15 is 0 Å². The van der Waals surface area contributed by atoms with Gasteiger partial charge in [0.25, 0.3) is 15.9 Å². The topological polar surface area (TPSA) is 101 Å². The fourth-order valence-electron chi connectivity index (χ4n) is 2.55. The first-order valence-corrected chi connectivity index (χ1v) is 11.0. The van der Waals surface area contributed by atoms with E-state index in [1.165, 1.54) is 0 Å². The number of amides is 1. The SMILES string of the molecule is CC[C@@H](NS(=O)(=O)c1nnc(NC(=O)c2ccc(C)cc2)s1)c1ccccc1. The molecule has 0 unspecified atom stereocenters. The summed E-state index contributed by atoms with van der Waals surface area (Å²) in [4.78, 5) is 12.3. The fourth-order valence-corrected chi connectivity index (χ4v) is 4.77. The van der Waals surface area contributed by atoms with Gasteiger partial charge in [-0.25, -0.2) is 13.1 Å². The van der Waals surface area contributed by atoms with Crippen LogP contribution in [0.1, 0.15) is 40.9 Å². The van der Waals surface area contributed by atoms with Gasteiger partial charge in [-0.3, -0.25) is 10.1 Å². The van der Waals surface area contributed by atoms with Crippen LogP contribution >= 0.6 is 11.3 Å². The van der Waals surface area contributed by atoms with Crippen molar-refractivity contribution >= 4 is 32.4 Å². The summed E-state index contributed by atoms with van der Waals surface area (Å²) in [5, 5.41) is 10.2. The molecule has 0 aliphatic rings. The third kappa shape index (κ3) is 4.80. The Labute approximate surface area is 167 Å². The number of sulfonamides is 1. The Kier molecular flexibility index (Phi) is 6.18. The summed E-state index contributed by atoms with van der Waals surface area (Å²) in [6.07, 6.45) is 0.582. The zero-order valence-electron chi connectivity index (χ0n) is 15.4. The summed E-state index contributed by atoms with van der Waals surface area (Å²) in [5.74, 6) is -0.372. The molecule has 28 heavy (non-hydrogen) atoms. The molecule has 3 aromatic rings. The van der Waals surface area contributed by atoms with Crippen molar-refractivity contribution in [3.05, 3.63) is 71.3 Å². The van der Waals surface area contributed by atoms with Crippen LogP contribution in [0.15, 0.2) is 58.9 Å². The number of anilines is 1. The third-order valence-electron chi connectivity index (χ3n) is 4.08. The second-order valence-corrected chi connectivity index (χ2v) is 9.05. The molecule has 0 saturated carbocycles. The summed E-state index contributed by atoms with van der Waals surface area (Å²) in [6.45, 7) is 3.82. The Morgan fingerprint density at radius 2 is 1.75 bits per heavy atom. The molecule has 0 saturated heterocycles. The molecule has 0 bridgehead atoms. The van der Waals surface area contributed by atoms with Crippen molar-refractivity contribution < 1.29 is 13.2 Å². The highest BCUT2D eigenvalue weighted by Crippen LogP contribution is 2.24. The Hall–Kier alpha value is -2.62. The van der Waals surface area contributed by atoms with Crippen LogP contribution in [-0.2, 0) is 10.0 Å². The first kappa shape index (κ1) is 20.1. The average molecular weight is 417 g/mol. The molecule has 1 aromatic heterocycles. The Morgan fingerprint density at radius 1 is 1.07 bits per heavy atom. The third-order valence-corrected chi connectivity index (χ3v) is 6.76. The molecule has 0 spiro atoms. The van der Waals surface area contributed by atoms with E-state index in [0.29, 0.717) is 12.0 Å². The van der Waals surface area contributed by atoms with Crippen LogP contribution < -0.4 is 10.0 Å². The minimum absolute atomic E-state index is 0.124. The first-order valence-electron chi connectivity index (χ1n) is 8.68. The van der Waals surface area contributed by atoms with Gasteiger partial charge in [0.2, 0.25) is 9.47 Å². The Bertz CT molecular complexity index is 1050. The second-order valence-electron chi connectivity index (χ2n) is 6.19. The molecule has 3 rings (SSSR count). The standard InChI is InChI=1S/C19H20N4O3S2/c1-3-16(14-7-5-4-6-8-14)23-28(25,26)19-22-21-18(27-19)20-17(24)15-11-9-13(2)10-12-15/h4-12,16,23H,3H2,1-2H3,(H,20,21,24)/t16-/m1/s1. The number of hydrogen-bond donors (Lipinski definition) is 2. The van der Waals surface area contributed by atoms with Crippen LogP contribution in [0, 0.1) is 6.92 Å². The lowest BCUT2D eigenvalue weighted by Crippen LogP contribution is -2.28. The maximum absolute atomic E-state index is 12.7. The number of nitrogens with zero attached hydrogens (tertiary/aromatic N) is 2. The number of hydrogen-bond acceptors (Lipinski definition) is 6. The molecule has 9 heteroatoms. The normalized spacial score (nSPS) is 12.5. The van der Waals surface area contributed by atoms with Gasteiger partial charge in [0.15, 0.2) is 0 Å². The van der Waals surface area contributed by atoms with Crippen LogP contribution in [0.3, 0.4) is 0 Å². The predicted molar refractivity (Wildman–Crippen MR) is 109 cm³/mol. The Morgan fingerprint density at radius 3 is 2.39 bits per heavy atom. The molecule has 1 heterocycles. The zero-order valence-corrected chi connectivity index (χ0v) is 17.0. The summed E-state index contributed by atoms with van der Waals surface area (Å²) in [7, 11) is -3.86. The highest BCUT2D eigenvalue weighted by Gasteiger charge is 2.25. The molecular weight excluding hydrogens is 396 g/mol. The summed E-state index contributed by atoms with van der Waals surface area (Å²) in [5.41, 5.74) is 2.36. The minimum Gasteiger partial charge on any atom is -0.296 e. The minimum atomic E-state index is -3.86. The summed E-state index contributed by atoms with van der Waals surface area (Å²) >= 11 is 0.809. The molecule has 0 aliphatic heterocycles. The monoisotopic (exact) mass is 416 g/mol. The van der Waals surface area contributed by atoms with E-state index in [4.69, 9.17) is 0 Å². The number of carbonyl (C=O) groups is 1. The lowest BCUT2D eigenvalue weighted by atomic mass is 10.1. The number of aryl methyl sites for hydroxylation is 1. The van der Waals surface area contributed by atoms with Gasteiger partial charge in [-0.2, -0.15) is 0 Å². The van der Waals surface area contributed by atoms with Crippen molar-refractivity contribution in [2.24, 2.45) is 0 Å². The average Bonchev–Trinajstić information content (AvgIpc) is 3.17. The van der Waals surface area contributed by atoms with Crippen LogP contribution in [0.5, 0.6) is 0 Å². The van der Waals surface area contributed by atoms with Crippen molar-refractivity contribution in [2.45, 2.75) is 30.6 Å². The number of benzene rings is 2. The van der Waals surface area contributed by atoms with E-state index < -0.39 is 10.0 Å². The van der Waals surface area contributed by atoms with Gasteiger partial charge in [-0.15, -0.1) is 10.2 Å². The smallest absolute Gasteiger partial charge is 0.270 e. The molecule has 0 aliphatic carbocycles. The lowest BCUT2D eigenvalue weighted by molar-refractivity contribution is 0.102. The summed E-state index contributed by atoms with van der Waals surface area (Å²) < 4.78 is 27.8. The van der Waals surface area contributed by atoms with Crippen LogP contribution in [0.4, 0.5) is 5.13 Å². The molecular formula is C19H20N4O3S2. The molecule has 2 aromatic carbocycles. The number of nitrogens with one attached hydrogen (secondary N) is 2. The van der Waals surface area contributed by atoms with Gasteiger partial charge in [-0.05, 0) is 31.0 Å². The number of aromatic nitrogens is 2. The van der Waals surface area contributed by atoms with Crippen molar-refractivity contribution in [1.82, 2.24) is 14.9 Å². The largest absolute Gasteiger partial charge is 0.296 e. The van der Waals surface area contributed by atoms with E-state index in [2.05, 4.69) is 20.2 Å². The lowest BCUT2D eigenvalue weighted by Gasteiger charge is -2.16. The van der Waals surface area contributed by atoms with Gasteiger partial charge in [0, 0.05) is 11.6 Å². The van der Waals surface area contributed by atoms with Crippen molar-refractivity contribution in [3.63, 3.8) is 0 Å². The second kappa shape index (κ2) is 8.59. The van der Waals surface area contributed by atoms with Crippen molar-refractivity contribution in [2.75, 3.05) is 5.32 Å². The van der Waals surface area contributed by atoms with Gasteiger partial charge in [0.1, 0.15) is 0 Å². The maximum atomic E-state index is 12.7. The van der Waals surface area contributed by atoms with E-state index in [0.717, 1.165) is 22.5 Å². The summed E-state index contributed by atoms with van der Waals surface area (Å²) in [6, 6.07) is 16.0. The van der Waals surface area contributed by atoms with E-state index in [-0.39, 0.29) is 21.4 Å². The van der Waals surface area contributed by atoms with Crippen LogP contribution in [0.25, 0.3) is 0 Å². The molecule has 1 atom stereocenters. The highest BCUT2D eigenvalue weighted by molar-refractivity contribution is 7.91. The maximum Gasteiger partial charge on any atom is 0.270 e. The number of carbonyl (C=O) groups excluding carboxylic acids is 1. The predicted octanol–water partition coefficient (Wildman–Crippen LogP) is 3.53. The van der Waals surface area contributed by atoms with Gasteiger partial charge < -0.3 is 0 Å². The zero-order chi connectivity index (χ0) is 20.1. The Balaban J connectivity index is 1.73. The molecule has 0 radical (unpaired) electrons. The molecule has 1 amide bonds. The van der Waals surface area contributed by atoms with Crippen molar-refractivity contribution in [1.29, 1.82) is 0 Å². The van der Waals surface area contributed by atoms with E-state index in [1.54, 1.807) is 12.1 Å². The molecule has 146 valence electrons. The quantitative estimate of drug-likeness (QED) is 0.574. The van der Waals surface area contributed by atoms with Crippen molar-refractivity contribution in [3.8, 4) is 0 Å². The fraction of sp³-hybridized carbons (Fsp3) is 0.211. The van der Waals surface area contributed by atoms with Gasteiger partial charge in [-0.1, -0.05) is 66.3 Å².